The number of hydrogen-bond acceptors (Lipinski definition) is 14. The van der Waals surface area contributed by atoms with Crippen LogP contribution in [0.2, 0.25) is 0 Å². The van der Waals surface area contributed by atoms with Crippen molar-refractivity contribution in [3.8, 4) is 0 Å². The van der Waals surface area contributed by atoms with Crippen molar-refractivity contribution >= 4 is 35.6 Å². The summed E-state index contributed by atoms with van der Waals surface area (Å²) in [4.78, 5) is 74.5. The predicted octanol–water partition coefficient (Wildman–Crippen LogP) is 1.13. The number of esters is 1. The van der Waals surface area contributed by atoms with Crippen molar-refractivity contribution in [1.82, 2.24) is 31.1 Å². The minimum Gasteiger partial charge on any atom is -0.461 e. The molecule has 0 radical (unpaired) electrons. The van der Waals surface area contributed by atoms with Crippen molar-refractivity contribution in [2.24, 2.45) is 23.1 Å². The highest BCUT2D eigenvalue weighted by Gasteiger charge is 2.27. The first-order chi connectivity index (χ1) is 30.7. The molecule has 6 amide bonds. The third-order valence-corrected chi connectivity index (χ3v) is 8.30. The van der Waals surface area contributed by atoms with E-state index in [0.29, 0.717) is 65.8 Å². The largest absolute Gasteiger partial charge is 0.461 e. The maximum absolute atomic E-state index is 12.8. The number of benzene rings is 1. The van der Waals surface area contributed by atoms with E-state index >= 15 is 0 Å². The summed E-state index contributed by atoms with van der Waals surface area (Å²) >= 11 is 0. The second-order valence-corrected chi connectivity index (χ2v) is 14.2. The maximum Gasteiger partial charge on any atom is 0.312 e. The SMILES string of the molecule is CC.CC.CC(=O)OCc1ccccc1.CC(C)C(NC(=O)CCOCCOCCOCCOCCC(=O)NCCN(CCN)CCN(C)C)C(=O)NC(CCCNC(N)=O)C(N)=O. The molecule has 1 aromatic rings. The summed E-state index contributed by atoms with van der Waals surface area (Å²) in [6.45, 7) is 20.6. The van der Waals surface area contributed by atoms with Crippen molar-refractivity contribution in [3.63, 3.8) is 0 Å². The summed E-state index contributed by atoms with van der Waals surface area (Å²) in [5, 5.41) is 10.6. The molecule has 1 aromatic carbocycles. The summed E-state index contributed by atoms with van der Waals surface area (Å²) in [7, 11) is 4.05. The standard InChI is InChI=1S/C31H63N9O9.C9H10O2.2C2H6/c1-24(2)28(30(44)37-25(29(33)43)6-5-10-36-31(34)45)38-27(42)8-17-47-19-21-49-23-22-48-20-18-46-16-7-26(41)35-11-13-40(12-9-32)15-14-39(3)4;1-8(10)11-7-9-5-3-2-4-6-9;2*1-2/h24-25,28H,5-23,32H2,1-4H3,(H2,33,43)(H,35,41)(H,37,44)(H,38,42)(H3,34,36,45);2-6H,7H2,1H3;2*1-2H3. The Morgan fingerprint density at radius 1 is 0.672 bits per heavy atom. The molecule has 10 N–H and O–H groups in total. The van der Waals surface area contributed by atoms with E-state index in [2.05, 4.69) is 31.1 Å². The first kappa shape index (κ1) is 63.8. The van der Waals surface area contributed by atoms with Gasteiger partial charge in [0.05, 0.1) is 52.9 Å². The summed E-state index contributed by atoms with van der Waals surface area (Å²) in [6, 6.07) is 7.07. The number of primary amides is 2. The van der Waals surface area contributed by atoms with E-state index in [1.807, 2.05) is 72.1 Å². The Balaban J connectivity index is -0.00000210. The molecular formula is C44H85N9O11. The normalized spacial score (nSPS) is 11.4. The predicted molar refractivity (Wildman–Crippen MR) is 249 cm³/mol. The lowest BCUT2D eigenvalue weighted by molar-refractivity contribution is -0.142. The Morgan fingerprint density at radius 3 is 1.67 bits per heavy atom. The molecule has 0 heterocycles. The van der Waals surface area contributed by atoms with Crippen molar-refractivity contribution in [3.05, 3.63) is 35.9 Å². The number of nitrogens with one attached hydrogen (secondary N) is 4. The Hall–Kier alpha value is -4.44. The molecule has 0 saturated heterocycles. The van der Waals surface area contributed by atoms with Gasteiger partial charge in [0.2, 0.25) is 23.6 Å². The molecule has 0 saturated carbocycles. The lowest BCUT2D eigenvalue weighted by Crippen LogP contribution is -2.54. The van der Waals surface area contributed by atoms with E-state index in [9.17, 15) is 28.8 Å². The van der Waals surface area contributed by atoms with Crippen LogP contribution >= 0.6 is 0 Å². The fourth-order valence-corrected chi connectivity index (χ4v) is 5.00. The van der Waals surface area contributed by atoms with Gasteiger partial charge in [0.15, 0.2) is 0 Å². The van der Waals surface area contributed by atoms with E-state index in [-0.39, 0.29) is 62.7 Å². The zero-order valence-electron chi connectivity index (χ0n) is 40.4. The third-order valence-electron chi connectivity index (χ3n) is 8.30. The quantitative estimate of drug-likeness (QED) is 0.0377. The highest BCUT2D eigenvalue weighted by Crippen LogP contribution is 2.05. The van der Waals surface area contributed by atoms with Gasteiger partial charge in [-0.2, -0.15) is 0 Å². The number of carbonyl (C=O) groups is 6. The summed E-state index contributed by atoms with van der Waals surface area (Å²) in [6.07, 6.45) is 0.885. The van der Waals surface area contributed by atoms with Crippen LogP contribution in [-0.4, -0.2) is 170 Å². The van der Waals surface area contributed by atoms with Gasteiger partial charge in [-0.1, -0.05) is 71.9 Å². The molecule has 20 heteroatoms. The highest BCUT2D eigenvalue weighted by molar-refractivity contribution is 5.91. The number of hydrogen-bond donors (Lipinski definition) is 7. The van der Waals surface area contributed by atoms with Crippen molar-refractivity contribution in [2.75, 3.05) is 113 Å². The zero-order valence-corrected chi connectivity index (χ0v) is 40.4. The van der Waals surface area contributed by atoms with Crippen LogP contribution in [-0.2, 0) is 54.3 Å². The van der Waals surface area contributed by atoms with Gasteiger partial charge in [-0.3, -0.25) is 28.9 Å². The van der Waals surface area contributed by atoms with E-state index in [1.54, 1.807) is 13.8 Å². The molecule has 20 nitrogen and oxygen atoms in total. The van der Waals surface area contributed by atoms with Crippen LogP contribution in [0.15, 0.2) is 30.3 Å². The van der Waals surface area contributed by atoms with Gasteiger partial charge in [-0.05, 0) is 38.4 Å². The number of urea groups is 1. The van der Waals surface area contributed by atoms with E-state index in [1.165, 1.54) is 6.92 Å². The molecule has 372 valence electrons. The van der Waals surface area contributed by atoms with Gasteiger partial charge >= 0.3 is 12.0 Å². The van der Waals surface area contributed by atoms with Crippen LogP contribution in [0.1, 0.15) is 79.7 Å². The van der Waals surface area contributed by atoms with Crippen LogP contribution in [0.5, 0.6) is 0 Å². The molecule has 2 atom stereocenters. The highest BCUT2D eigenvalue weighted by atomic mass is 16.6. The number of amides is 6. The first-order valence-corrected chi connectivity index (χ1v) is 22.4. The minimum absolute atomic E-state index is 0.0315. The van der Waals surface area contributed by atoms with Crippen LogP contribution in [0.25, 0.3) is 0 Å². The molecule has 2 unspecified atom stereocenters. The number of nitrogens with two attached hydrogens (primary N) is 3. The molecule has 64 heavy (non-hydrogen) atoms. The van der Waals surface area contributed by atoms with Crippen molar-refractivity contribution in [1.29, 1.82) is 0 Å². The summed E-state index contributed by atoms with van der Waals surface area (Å²) in [5.74, 6) is -2.19. The first-order valence-electron chi connectivity index (χ1n) is 22.4. The third kappa shape index (κ3) is 41.6. The number of rotatable bonds is 34. The van der Waals surface area contributed by atoms with Gasteiger partial charge in [-0.15, -0.1) is 0 Å². The average Bonchev–Trinajstić information content (AvgIpc) is 3.26. The second-order valence-electron chi connectivity index (χ2n) is 14.2. The van der Waals surface area contributed by atoms with Crippen LogP contribution < -0.4 is 38.5 Å². The van der Waals surface area contributed by atoms with Gasteiger partial charge in [0.25, 0.3) is 0 Å². The Bertz CT molecular complexity index is 1330. The van der Waals surface area contributed by atoms with Gasteiger partial charge in [0, 0.05) is 65.6 Å². The molecular weight excluding hydrogens is 831 g/mol. The molecule has 0 fully saturated rings. The molecule has 0 aliphatic heterocycles. The maximum atomic E-state index is 12.8. The topological polar surface area (TPSA) is 281 Å². The summed E-state index contributed by atoms with van der Waals surface area (Å²) in [5.41, 5.74) is 17.1. The second kappa shape index (κ2) is 45.1. The van der Waals surface area contributed by atoms with Crippen LogP contribution in [0.3, 0.4) is 0 Å². The van der Waals surface area contributed by atoms with Gasteiger partial charge < -0.3 is 67.1 Å². The van der Waals surface area contributed by atoms with E-state index in [4.69, 9.17) is 40.9 Å². The average molecular weight is 916 g/mol. The molecule has 0 bridgehead atoms. The fraction of sp³-hybridized carbons (Fsp3) is 0.727. The Morgan fingerprint density at radius 2 is 1.20 bits per heavy atom. The van der Waals surface area contributed by atoms with Gasteiger partial charge in [0.1, 0.15) is 18.7 Å². The number of nitrogens with zero attached hydrogens (tertiary/aromatic N) is 2. The molecule has 0 aliphatic carbocycles. The Labute approximate surface area is 383 Å². The monoisotopic (exact) mass is 916 g/mol. The number of ether oxygens (including phenoxy) is 5. The van der Waals surface area contributed by atoms with Crippen molar-refractivity contribution in [2.45, 2.75) is 92.8 Å². The van der Waals surface area contributed by atoms with Gasteiger partial charge in [-0.25, -0.2) is 4.79 Å². The smallest absolute Gasteiger partial charge is 0.312 e. The number of likely N-dealkylation sites (N-methyl/N-ethyl adjacent to an activating group) is 1. The van der Waals surface area contributed by atoms with Crippen LogP contribution in [0.4, 0.5) is 4.79 Å². The lowest BCUT2D eigenvalue weighted by atomic mass is 10.0. The minimum atomic E-state index is -0.958. The Kier molecular flexibility index (Phi) is 45.0. The molecule has 1 rings (SSSR count). The number of carbonyl (C=O) groups excluding carboxylic acids is 6. The molecule has 0 spiro atoms. The lowest BCUT2D eigenvalue weighted by Gasteiger charge is -2.24. The van der Waals surface area contributed by atoms with E-state index in [0.717, 1.165) is 31.7 Å². The zero-order chi connectivity index (χ0) is 49.0. The summed E-state index contributed by atoms with van der Waals surface area (Å²) < 4.78 is 26.6. The molecule has 0 aromatic heterocycles. The van der Waals surface area contributed by atoms with Crippen molar-refractivity contribution < 1.29 is 52.5 Å². The fourth-order valence-electron chi connectivity index (χ4n) is 5.00. The van der Waals surface area contributed by atoms with E-state index < -0.39 is 29.9 Å². The molecule has 0 aliphatic rings. The van der Waals surface area contributed by atoms with Crippen LogP contribution in [0, 0.1) is 5.92 Å².